The van der Waals surface area contributed by atoms with Crippen LogP contribution in [0.5, 0.6) is 0 Å². The molecule has 2 aliphatic heterocycles. The summed E-state index contributed by atoms with van der Waals surface area (Å²) in [5.41, 5.74) is 1.95. The standard InChI is InChI=1S/C18H17N3O2/c22-16(20-12-6-2-1-3-7-12)15-10-18(11-19-15)13-8-4-5-9-14(13)21-17(18)23/h1-9,15,19H,10-11H2,(H,20,22)(H,21,23). The molecular weight excluding hydrogens is 290 g/mol. The van der Waals surface area contributed by atoms with E-state index in [1.807, 2.05) is 54.6 Å². The highest BCUT2D eigenvalue weighted by Gasteiger charge is 2.52. The molecule has 0 radical (unpaired) electrons. The lowest BCUT2D eigenvalue weighted by Gasteiger charge is -2.20. The van der Waals surface area contributed by atoms with Gasteiger partial charge in [0.25, 0.3) is 0 Å². The van der Waals surface area contributed by atoms with Crippen molar-refractivity contribution in [2.75, 3.05) is 17.2 Å². The van der Waals surface area contributed by atoms with E-state index < -0.39 is 5.41 Å². The van der Waals surface area contributed by atoms with Crippen LogP contribution in [-0.2, 0) is 15.0 Å². The first-order chi connectivity index (χ1) is 11.2. The molecule has 116 valence electrons. The van der Waals surface area contributed by atoms with Gasteiger partial charge in [0.15, 0.2) is 0 Å². The molecule has 5 heteroatoms. The first-order valence-electron chi connectivity index (χ1n) is 7.69. The summed E-state index contributed by atoms with van der Waals surface area (Å²) in [5, 5.41) is 9.03. The molecule has 1 spiro atoms. The smallest absolute Gasteiger partial charge is 0.241 e. The number of nitrogens with one attached hydrogen (secondary N) is 3. The number of carbonyl (C=O) groups excluding carboxylic acids is 2. The largest absolute Gasteiger partial charge is 0.325 e. The normalized spacial score (nSPS) is 25.2. The van der Waals surface area contributed by atoms with Crippen LogP contribution in [0.4, 0.5) is 11.4 Å². The zero-order valence-corrected chi connectivity index (χ0v) is 12.5. The topological polar surface area (TPSA) is 70.2 Å². The van der Waals surface area contributed by atoms with Crippen molar-refractivity contribution in [1.29, 1.82) is 0 Å². The van der Waals surface area contributed by atoms with Crippen molar-refractivity contribution in [3.63, 3.8) is 0 Å². The molecule has 1 saturated heterocycles. The maximum Gasteiger partial charge on any atom is 0.241 e. The zero-order chi connectivity index (χ0) is 15.9. The quantitative estimate of drug-likeness (QED) is 0.793. The van der Waals surface area contributed by atoms with Crippen molar-refractivity contribution in [3.8, 4) is 0 Å². The number of hydrogen-bond donors (Lipinski definition) is 3. The van der Waals surface area contributed by atoms with Gasteiger partial charge < -0.3 is 16.0 Å². The SMILES string of the molecule is O=C(Nc1ccccc1)C1CC2(CN1)C(=O)Nc1ccccc12. The van der Waals surface area contributed by atoms with E-state index in [0.717, 1.165) is 16.9 Å². The summed E-state index contributed by atoms with van der Waals surface area (Å²) in [6.07, 6.45) is 0.467. The van der Waals surface area contributed by atoms with Crippen LogP contribution in [0.15, 0.2) is 54.6 Å². The Morgan fingerprint density at radius 2 is 1.83 bits per heavy atom. The van der Waals surface area contributed by atoms with E-state index in [9.17, 15) is 9.59 Å². The number of benzene rings is 2. The van der Waals surface area contributed by atoms with Gasteiger partial charge in [0, 0.05) is 17.9 Å². The summed E-state index contributed by atoms with van der Waals surface area (Å²) in [7, 11) is 0. The summed E-state index contributed by atoms with van der Waals surface area (Å²) in [5.74, 6) is -0.133. The van der Waals surface area contributed by atoms with E-state index in [0.29, 0.717) is 13.0 Å². The van der Waals surface area contributed by atoms with Gasteiger partial charge in [-0.2, -0.15) is 0 Å². The number of anilines is 2. The van der Waals surface area contributed by atoms with Crippen LogP contribution >= 0.6 is 0 Å². The van der Waals surface area contributed by atoms with Crippen molar-refractivity contribution in [3.05, 3.63) is 60.2 Å². The minimum Gasteiger partial charge on any atom is -0.325 e. The summed E-state index contributed by atoms with van der Waals surface area (Å²) >= 11 is 0. The van der Waals surface area contributed by atoms with Crippen molar-refractivity contribution < 1.29 is 9.59 Å². The molecule has 3 N–H and O–H groups in total. The highest BCUT2D eigenvalue weighted by Crippen LogP contribution is 2.43. The first kappa shape index (κ1) is 14.0. The van der Waals surface area contributed by atoms with Crippen molar-refractivity contribution >= 4 is 23.2 Å². The number of para-hydroxylation sites is 2. The summed E-state index contributed by atoms with van der Waals surface area (Å²) < 4.78 is 0. The molecule has 2 aromatic carbocycles. The van der Waals surface area contributed by atoms with E-state index in [-0.39, 0.29) is 17.9 Å². The molecule has 4 rings (SSSR count). The third-order valence-corrected chi connectivity index (χ3v) is 4.69. The Morgan fingerprint density at radius 3 is 2.65 bits per heavy atom. The van der Waals surface area contributed by atoms with E-state index in [2.05, 4.69) is 16.0 Å². The average Bonchev–Trinajstić information content (AvgIpc) is 3.13. The lowest BCUT2D eigenvalue weighted by atomic mass is 9.79. The van der Waals surface area contributed by atoms with Gasteiger partial charge in [0.1, 0.15) is 0 Å². The molecule has 2 aromatic rings. The van der Waals surface area contributed by atoms with Crippen LogP contribution in [0.3, 0.4) is 0 Å². The van der Waals surface area contributed by atoms with Crippen LogP contribution in [0.1, 0.15) is 12.0 Å². The lowest BCUT2D eigenvalue weighted by Crippen LogP contribution is -2.36. The molecule has 2 heterocycles. The fourth-order valence-corrected chi connectivity index (χ4v) is 3.48. The van der Waals surface area contributed by atoms with Crippen LogP contribution in [0.25, 0.3) is 0 Å². The average molecular weight is 307 g/mol. The van der Waals surface area contributed by atoms with Gasteiger partial charge in [0.2, 0.25) is 11.8 Å². The highest BCUT2D eigenvalue weighted by atomic mass is 16.2. The monoisotopic (exact) mass is 307 g/mol. The molecule has 23 heavy (non-hydrogen) atoms. The van der Waals surface area contributed by atoms with Gasteiger partial charge >= 0.3 is 0 Å². The van der Waals surface area contributed by atoms with Crippen LogP contribution < -0.4 is 16.0 Å². The molecule has 1 fully saturated rings. The second-order valence-electron chi connectivity index (χ2n) is 6.07. The maximum absolute atomic E-state index is 12.5. The molecule has 0 bridgehead atoms. The molecule has 2 amide bonds. The third kappa shape index (κ3) is 2.21. The Balaban J connectivity index is 1.55. The number of fused-ring (bicyclic) bond motifs is 2. The second-order valence-corrected chi connectivity index (χ2v) is 6.07. The fourth-order valence-electron chi connectivity index (χ4n) is 3.48. The Hall–Kier alpha value is -2.66. The Morgan fingerprint density at radius 1 is 1.09 bits per heavy atom. The van der Waals surface area contributed by atoms with Crippen molar-refractivity contribution in [1.82, 2.24) is 5.32 Å². The van der Waals surface area contributed by atoms with Gasteiger partial charge in [-0.15, -0.1) is 0 Å². The molecule has 0 saturated carbocycles. The minimum atomic E-state index is -0.644. The van der Waals surface area contributed by atoms with Crippen LogP contribution in [-0.4, -0.2) is 24.4 Å². The Kier molecular flexibility index (Phi) is 3.16. The summed E-state index contributed by atoms with van der Waals surface area (Å²) in [6, 6.07) is 16.7. The van der Waals surface area contributed by atoms with Gasteiger partial charge in [0.05, 0.1) is 11.5 Å². The molecule has 2 aliphatic rings. The molecule has 0 aliphatic carbocycles. The van der Waals surface area contributed by atoms with Gasteiger partial charge in [-0.3, -0.25) is 9.59 Å². The number of rotatable bonds is 2. The van der Waals surface area contributed by atoms with E-state index in [1.54, 1.807) is 0 Å². The van der Waals surface area contributed by atoms with Crippen molar-refractivity contribution in [2.45, 2.75) is 17.9 Å². The second kappa shape index (κ2) is 5.21. The van der Waals surface area contributed by atoms with Crippen molar-refractivity contribution in [2.24, 2.45) is 0 Å². The van der Waals surface area contributed by atoms with Gasteiger partial charge in [-0.05, 0) is 30.2 Å². The summed E-state index contributed by atoms with van der Waals surface area (Å²) in [4.78, 5) is 25.0. The molecule has 2 atom stereocenters. The van der Waals surface area contributed by atoms with Crippen LogP contribution in [0.2, 0.25) is 0 Å². The Bertz CT molecular complexity index is 775. The molecule has 2 unspecified atom stereocenters. The number of amides is 2. The zero-order valence-electron chi connectivity index (χ0n) is 12.5. The minimum absolute atomic E-state index is 0.0267. The highest BCUT2D eigenvalue weighted by molar-refractivity contribution is 6.08. The predicted octanol–water partition coefficient (Wildman–Crippen LogP) is 1.88. The van der Waals surface area contributed by atoms with Gasteiger partial charge in [-0.25, -0.2) is 0 Å². The first-order valence-corrected chi connectivity index (χ1v) is 7.69. The maximum atomic E-state index is 12.5. The Labute approximate surface area is 134 Å². The number of hydrogen-bond acceptors (Lipinski definition) is 3. The van der Waals surface area contributed by atoms with E-state index in [1.165, 1.54) is 0 Å². The predicted molar refractivity (Wildman–Crippen MR) is 88.2 cm³/mol. The van der Waals surface area contributed by atoms with E-state index in [4.69, 9.17) is 0 Å². The molecule has 5 nitrogen and oxygen atoms in total. The fraction of sp³-hybridized carbons (Fsp3) is 0.222. The van der Waals surface area contributed by atoms with Crippen LogP contribution in [0, 0.1) is 0 Å². The molecular formula is C18H17N3O2. The molecule has 0 aromatic heterocycles. The number of carbonyl (C=O) groups is 2. The van der Waals surface area contributed by atoms with E-state index >= 15 is 0 Å². The lowest BCUT2D eigenvalue weighted by molar-refractivity contribution is -0.120. The third-order valence-electron chi connectivity index (χ3n) is 4.69. The summed E-state index contributed by atoms with van der Waals surface area (Å²) in [6.45, 7) is 0.475. The van der Waals surface area contributed by atoms with Gasteiger partial charge in [-0.1, -0.05) is 36.4 Å².